The van der Waals surface area contributed by atoms with Crippen LogP contribution < -0.4 is 0 Å². The zero-order valence-electron chi connectivity index (χ0n) is 16.8. The van der Waals surface area contributed by atoms with Crippen molar-refractivity contribution in [3.63, 3.8) is 0 Å². The molecule has 3 N–H and O–H groups in total. The van der Waals surface area contributed by atoms with Crippen molar-refractivity contribution in [2.75, 3.05) is 6.61 Å². The molecule has 2 heterocycles. The molecule has 2 fully saturated rings. The van der Waals surface area contributed by atoms with Gasteiger partial charge in [-0.3, -0.25) is 0 Å². The van der Waals surface area contributed by atoms with Gasteiger partial charge in [-0.05, 0) is 57.3 Å². The number of unbranched alkanes of at least 4 members (excludes halogenated alkanes) is 1. The number of hydrogen-bond donors (Lipinski definition) is 3. The summed E-state index contributed by atoms with van der Waals surface area (Å²) >= 11 is 0. The number of ether oxygens (including phenoxy) is 2. The Balaban J connectivity index is 1.84. The van der Waals surface area contributed by atoms with Gasteiger partial charge in [-0.1, -0.05) is 25.2 Å². The van der Waals surface area contributed by atoms with Crippen molar-refractivity contribution in [1.82, 2.24) is 0 Å². The molecule has 5 heteroatoms. The molecule has 2 saturated heterocycles. The third kappa shape index (κ3) is 6.99. The van der Waals surface area contributed by atoms with Crippen LogP contribution in [0.15, 0.2) is 24.8 Å². The van der Waals surface area contributed by atoms with Crippen molar-refractivity contribution in [3.8, 4) is 0 Å². The lowest BCUT2D eigenvalue weighted by atomic mass is 9.87. The predicted octanol–water partition coefficient (Wildman–Crippen LogP) is 3.47. The van der Waals surface area contributed by atoms with E-state index in [4.69, 9.17) is 14.6 Å². The van der Waals surface area contributed by atoms with E-state index >= 15 is 0 Å². The van der Waals surface area contributed by atoms with E-state index in [0.29, 0.717) is 19.3 Å². The average Bonchev–Trinajstić information content (AvgIpc) is 3.03. The fourth-order valence-electron chi connectivity index (χ4n) is 4.21. The van der Waals surface area contributed by atoms with Crippen LogP contribution in [0.3, 0.4) is 0 Å². The van der Waals surface area contributed by atoms with Crippen LogP contribution in [0.5, 0.6) is 0 Å². The smallest absolute Gasteiger partial charge is 0.169 e. The highest BCUT2D eigenvalue weighted by Crippen LogP contribution is 2.44. The predicted molar refractivity (Wildman–Crippen MR) is 106 cm³/mol. The summed E-state index contributed by atoms with van der Waals surface area (Å²) in [4.78, 5) is 0. The van der Waals surface area contributed by atoms with Gasteiger partial charge in [0.25, 0.3) is 0 Å². The van der Waals surface area contributed by atoms with Crippen molar-refractivity contribution in [3.05, 3.63) is 24.8 Å². The summed E-state index contributed by atoms with van der Waals surface area (Å²) in [7, 11) is 0. The van der Waals surface area contributed by atoms with Crippen LogP contribution in [-0.2, 0) is 9.47 Å². The van der Waals surface area contributed by atoms with E-state index in [1.54, 1.807) is 0 Å². The Kier molecular flexibility index (Phi) is 9.46. The number of hydrogen-bond acceptors (Lipinski definition) is 5. The van der Waals surface area contributed by atoms with Crippen molar-refractivity contribution < 1.29 is 24.8 Å². The lowest BCUT2D eigenvalue weighted by Crippen LogP contribution is -2.49. The van der Waals surface area contributed by atoms with Crippen LogP contribution in [0.25, 0.3) is 0 Å². The normalized spacial score (nSPS) is 33.6. The summed E-state index contributed by atoms with van der Waals surface area (Å²) in [6.07, 6.45) is 12.5. The van der Waals surface area contributed by atoms with Gasteiger partial charge in [-0.15, -0.1) is 6.58 Å². The van der Waals surface area contributed by atoms with Crippen LogP contribution in [-0.4, -0.2) is 52.1 Å². The molecule has 156 valence electrons. The van der Waals surface area contributed by atoms with E-state index in [-0.39, 0.29) is 30.8 Å². The Bertz CT molecular complexity index is 466. The molecule has 5 nitrogen and oxygen atoms in total. The first kappa shape index (κ1) is 22.6. The zero-order valence-corrected chi connectivity index (χ0v) is 16.8. The van der Waals surface area contributed by atoms with Gasteiger partial charge < -0.3 is 24.8 Å². The van der Waals surface area contributed by atoms with Crippen LogP contribution >= 0.6 is 0 Å². The topological polar surface area (TPSA) is 79.2 Å². The second-order valence-electron chi connectivity index (χ2n) is 8.18. The van der Waals surface area contributed by atoms with Crippen molar-refractivity contribution in [1.29, 1.82) is 0 Å². The van der Waals surface area contributed by atoms with Gasteiger partial charge in [-0.2, -0.15) is 0 Å². The maximum absolute atomic E-state index is 10.6. The van der Waals surface area contributed by atoms with Gasteiger partial charge in [0.05, 0.1) is 24.4 Å². The first-order valence-electron chi connectivity index (χ1n) is 10.6. The molecule has 1 spiro atoms. The van der Waals surface area contributed by atoms with Gasteiger partial charge in [0.1, 0.15) is 0 Å². The van der Waals surface area contributed by atoms with E-state index in [9.17, 15) is 10.2 Å². The Morgan fingerprint density at radius 3 is 2.67 bits per heavy atom. The molecular formula is C22H38O5. The molecule has 2 aliphatic rings. The lowest BCUT2D eigenvalue weighted by molar-refractivity contribution is -0.296. The molecule has 0 aromatic carbocycles. The van der Waals surface area contributed by atoms with E-state index in [1.807, 2.05) is 18.2 Å². The van der Waals surface area contributed by atoms with Crippen LogP contribution in [0.4, 0.5) is 0 Å². The highest BCUT2D eigenvalue weighted by molar-refractivity contribution is 4.93. The third-order valence-corrected chi connectivity index (χ3v) is 5.82. The van der Waals surface area contributed by atoms with E-state index in [1.165, 1.54) is 0 Å². The van der Waals surface area contributed by atoms with Crippen molar-refractivity contribution in [2.45, 2.75) is 101 Å². The Hall–Kier alpha value is -0.720. The van der Waals surface area contributed by atoms with Gasteiger partial charge in [0, 0.05) is 19.4 Å². The summed E-state index contributed by atoms with van der Waals surface area (Å²) in [5.41, 5.74) is 0. The molecule has 6 atom stereocenters. The fourth-order valence-corrected chi connectivity index (χ4v) is 4.21. The number of aliphatic hydroxyl groups is 3. The van der Waals surface area contributed by atoms with Crippen LogP contribution in [0.1, 0.15) is 71.1 Å². The van der Waals surface area contributed by atoms with Gasteiger partial charge >= 0.3 is 0 Å². The second kappa shape index (κ2) is 11.3. The fraction of sp³-hybridized carbons (Fsp3) is 0.818. The molecule has 3 unspecified atom stereocenters. The highest BCUT2D eigenvalue weighted by atomic mass is 16.7. The maximum Gasteiger partial charge on any atom is 0.169 e. The monoisotopic (exact) mass is 382 g/mol. The SMILES string of the molecule is C=CCCC[C@H](O)C[C@@H]1CCC2(CCC(C)C([C@H](O)C/C=C\CCO)O2)O1. The summed E-state index contributed by atoms with van der Waals surface area (Å²) in [5, 5.41) is 29.6. The van der Waals surface area contributed by atoms with E-state index in [2.05, 4.69) is 13.5 Å². The minimum Gasteiger partial charge on any atom is -0.396 e. The minimum atomic E-state index is -0.599. The van der Waals surface area contributed by atoms with Gasteiger partial charge in [-0.25, -0.2) is 0 Å². The molecule has 2 rings (SSSR count). The highest BCUT2D eigenvalue weighted by Gasteiger charge is 2.48. The molecule has 0 bridgehead atoms. The molecule has 0 amide bonds. The number of allylic oxidation sites excluding steroid dienone is 1. The molecular weight excluding hydrogens is 344 g/mol. The number of aliphatic hydroxyl groups excluding tert-OH is 3. The lowest BCUT2D eigenvalue weighted by Gasteiger charge is -2.43. The Morgan fingerprint density at radius 1 is 1.15 bits per heavy atom. The second-order valence-corrected chi connectivity index (χ2v) is 8.18. The third-order valence-electron chi connectivity index (χ3n) is 5.82. The first-order chi connectivity index (χ1) is 13.0. The van der Waals surface area contributed by atoms with Crippen molar-refractivity contribution in [2.24, 2.45) is 5.92 Å². The van der Waals surface area contributed by atoms with Crippen LogP contribution in [0, 0.1) is 5.92 Å². The molecule has 27 heavy (non-hydrogen) atoms. The van der Waals surface area contributed by atoms with E-state index < -0.39 is 11.9 Å². The summed E-state index contributed by atoms with van der Waals surface area (Å²) in [5.74, 6) is -0.317. The quantitative estimate of drug-likeness (QED) is 0.377. The summed E-state index contributed by atoms with van der Waals surface area (Å²) in [6, 6.07) is 0. The van der Waals surface area contributed by atoms with Crippen LogP contribution in [0.2, 0.25) is 0 Å². The Morgan fingerprint density at radius 2 is 1.93 bits per heavy atom. The largest absolute Gasteiger partial charge is 0.396 e. The Labute approximate surface area is 164 Å². The summed E-state index contributed by atoms with van der Waals surface area (Å²) < 4.78 is 12.6. The average molecular weight is 383 g/mol. The number of rotatable bonds is 11. The zero-order chi connectivity index (χ0) is 19.7. The molecule has 0 saturated carbocycles. The molecule has 0 radical (unpaired) electrons. The van der Waals surface area contributed by atoms with Gasteiger partial charge in [0.15, 0.2) is 5.79 Å². The maximum atomic E-state index is 10.6. The molecule has 0 aliphatic carbocycles. The standard InChI is InChI=1S/C22H38O5/c1-3-4-6-9-18(24)16-19-12-14-22(26-19)13-11-17(2)21(27-22)20(25)10-7-5-8-15-23/h3,5,7,17-21,23-25H,1,4,6,8-16H2,2H3/b7-5-/t17?,18-,19-,20+,21?,22?/m0/s1. The molecule has 2 aliphatic heterocycles. The first-order valence-corrected chi connectivity index (χ1v) is 10.6. The molecule has 0 aromatic rings. The summed E-state index contributed by atoms with van der Waals surface area (Å²) in [6.45, 7) is 5.96. The van der Waals surface area contributed by atoms with Gasteiger partial charge in [0.2, 0.25) is 0 Å². The molecule has 0 aromatic heterocycles. The minimum absolute atomic E-state index is 0.0272. The van der Waals surface area contributed by atoms with Crippen molar-refractivity contribution >= 4 is 0 Å². The van der Waals surface area contributed by atoms with E-state index in [0.717, 1.165) is 44.9 Å².